The number of benzene rings is 2. The van der Waals surface area contributed by atoms with Crippen LogP contribution in [0.15, 0.2) is 81.7 Å². The number of halogens is 1. The van der Waals surface area contributed by atoms with Crippen molar-refractivity contribution in [3.05, 3.63) is 94.1 Å². The van der Waals surface area contributed by atoms with Crippen LogP contribution in [0.5, 0.6) is 0 Å². The number of furan rings is 1. The molecule has 0 aliphatic rings. The van der Waals surface area contributed by atoms with Gasteiger partial charge in [-0.1, -0.05) is 29.8 Å². The van der Waals surface area contributed by atoms with Crippen molar-refractivity contribution >= 4 is 17.0 Å². The van der Waals surface area contributed by atoms with E-state index >= 15 is 0 Å². The molecule has 0 saturated carbocycles. The Balaban J connectivity index is 1.81. The molecule has 0 aliphatic heterocycles. The molecule has 0 aliphatic carbocycles. The number of hydrogen-bond acceptors (Lipinski definition) is 3. The fourth-order valence-corrected chi connectivity index (χ4v) is 3.60. The van der Waals surface area contributed by atoms with Gasteiger partial charge in [0.2, 0.25) is 0 Å². The lowest BCUT2D eigenvalue weighted by Gasteiger charge is -2.08. The first-order chi connectivity index (χ1) is 12.7. The summed E-state index contributed by atoms with van der Waals surface area (Å²) in [4.78, 5) is 5.66. The lowest BCUT2D eigenvalue weighted by atomic mass is 10.2. The SMILES string of the molecule is Cc1ccc(N=c2scc(-c3ccco3)n2Cc2ccc(F)cc2)cc1. The van der Waals surface area contributed by atoms with Crippen molar-refractivity contribution in [1.29, 1.82) is 0 Å². The van der Waals surface area contributed by atoms with E-state index in [1.165, 1.54) is 17.7 Å². The van der Waals surface area contributed by atoms with Gasteiger partial charge in [-0.15, -0.1) is 11.3 Å². The average Bonchev–Trinajstić information content (AvgIpc) is 3.29. The number of hydrogen-bond donors (Lipinski definition) is 0. The lowest BCUT2D eigenvalue weighted by molar-refractivity contribution is 0.573. The summed E-state index contributed by atoms with van der Waals surface area (Å²) in [6.07, 6.45) is 1.66. The molecule has 2 aromatic heterocycles. The summed E-state index contributed by atoms with van der Waals surface area (Å²) in [7, 11) is 0. The number of rotatable bonds is 4. The molecule has 0 unspecified atom stereocenters. The quantitative estimate of drug-likeness (QED) is 0.468. The summed E-state index contributed by atoms with van der Waals surface area (Å²) < 4.78 is 20.9. The lowest BCUT2D eigenvalue weighted by Crippen LogP contribution is -2.16. The highest BCUT2D eigenvalue weighted by Crippen LogP contribution is 2.22. The molecular weight excluding hydrogens is 347 g/mol. The third-order valence-corrected chi connectivity index (χ3v) is 4.95. The van der Waals surface area contributed by atoms with Crippen LogP contribution in [0.2, 0.25) is 0 Å². The van der Waals surface area contributed by atoms with Gasteiger partial charge < -0.3 is 8.98 Å². The first-order valence-corrected chi connectivity index (χ1v) is 9.15. The Bertz CT molecular complexity index is 1060. The zero-order valence-electron chi connectivity index (χ0n) is 14.2. The van der Waals surface area contributed by atoms with E-state index in [4.69, 9.17) is 9.41 Å². The van der Waals surface area contributed by atoms with Crippen molar-refractivity contribution in [2.45, 2.75) is 13.5 Å². The van der Waals surface area contributed by atoms with Gasteiger partial charge in [0.15, 0.2) is 10.6 Å². The van der Waals surface area contributed by atoms with Crippen LogP contribution in [-0.2, 0) is 6.54 Å². The summed E-state index contributed by atoms with van der Waals surface area (Å²) in [6.45, 7) is 2.64. The van der Waals surface area contributed by atoms with Gasteiger partial charge in [0, 0.05) is 5.38 Å². The first kappa shape index (κ1) is 16.5. The van der Waals surface area contributed by atoms with E-state index in [9.17, 15) is 4.39 Å². The third kappa shape index (κ3) is 3.53. The average molecular weight is 364 g/mol. The minimum atomic E-state index is -0.236. The van der Waals surface area contributed by atoms with E-state index < -0.39 is 0 Å². The number of nitrogens with zero attached hydrogens (tertiary/aromatic N) is 2. The monoisotopic (exact) mass is 364 g/mol. The highest BCUT2D eigenvalue weighted by molar-refractivity contribution is 7.07. The number of aromatic nitrogens is 1. The Morgan fingerprint density at radius 1 is 1.04 bits per heavy atom. The molecule has 0 fully saturated rings. The van der Waals surface area contributed by atoms with Crippen LogP contribution in [0.25, 0.3) is 11.5 Å². The maximum atomic E-state index is 13.2. The molecular formula is C21H17FN2OS. The molecule has 26 heavy (non-hydrogen) atoms. The van der Waals surface area contributed by atoms with E-state index in [1.54, 1.807) is 29.7 Å². The van der Waals surface area contributed by atoms with Gasteiger partial charge in [-0.05, 0) is 48.9 Å². The summed E-state index contributed by atoms with van der Waals surface area (Å²) in [5, 5.41) is 2.04. The Hall–Kier alpha value is -2.92. The summed E-state index contributed by atoms with van der Waals surface area (Å²) >= 11 is 1.56. The second-order valence-electron chi connectivity index (χ2n) is 6.04. The van der Waals surface area contributed by atoms with E-state index in [0.717, 1.165) is 27.5 Å². The predicted octanol–water partition coefficient (Wildman–Crippen LogP) is 5.54. The van der Waals surface area contributed by atoms with Gasteiger partial charge in [-0.2, -0.15) is 0 Å². The van der Waals surface area contributed by atoms with Crippen LogP contribution in [-0.4, -0.2) is 4.57 Å². The largest absolute Gasteiger partial charge is 0.463 e. The van der Waals surface area contributed by atoms with Crippen LogP contribution in [0.4, 0.5) is 10.1 Å². The maximum absolute atomic E-state index is 13.2. The normalized spacial score (nSPS) is 11.8. The van der Waals surface area contributed by atoms with Crippen molar-refractivity contribution in [2.75, 3.05) is 0 Å². The van der Waals surface area contributed by atoms with E-state index in [2.05, 4.69) is 11.5 Å². The zero-order chi connectivity index (χ0) is 17.9. The molecule has 3 nitrogen and oxygen atoms in total. The van der Waals surface area contributed by atoms with Crippen molar-refractivity contribution in [3.8, 4) is 11.5 Å². The summed E-state index contributed by atoms with van der Waals surface area (Å²) in [6, 6.07) is 18.4. The highest BCUT2D eigenvalue weighted by Gasteiger charge is 2.11. The Kier molecular flexibility index (Phi) is 4.54. The number of aryl methyl sites for hydroxylation is 1. The first-order valence-electron chi connectivity index (χ1n) is 8.27. The Morgan fingerprint density at radius 2 is 1.81 bits per heavy atom. The van der Waals surface area contributed by atoms with Crippen molar-refractivity contribution < 1.29 is 8.81 Å². The standard InChI is InChI=1S/C21H17FN2OS/c1-15-4-10-18(11-5-15)23-21-24(13-16-6-8-17(22)9-7-16)19(14-26-21)20-3-2-12-25-20/h2-12,14H,13H2,1H3. The van der Waals surface area contributed by atoms with Gasteiger partial charge in [-0.3, -0.25) is 0 Å². The molecule has 4 rings (SSSR count). The molecule has 0 radical (unpaired) electrons. The third-order valence-electron chi connectivity index (χ3n) is 4.08. The molecule has 130 valence electrons. The number of thiazole rings is 1. The Labute approximate surface area is 154 Å². The highest BCUT2D eigenvalue weighted by atomic mass is 32.1. The van der Waals surface area contributed by atoms with Crippen LogP contribution < -0.4 is 4.80 Å². The zero-order valence-corrected chi connectivity index (χ0v) is 15.0. The molecule has 2 aromatic carbocycles. The molecule has 5 heteroatoms. The fraction of sp³-hybridized carbons (Fsp3) is 0.0952. The Morgan fingerprint density at radius 3 is 2.50 bits per heavy atom. The van der Waals surface area contributed by atoms with Crippen molar-refractivity contribution in [2.24, 2.45) is 4.99 Å². The molecule has 2 heterocycles. The van der Waals surface area contributed by atoms with Crippen LogP contribution in [0.1, 0.15) is 11.1 Å². The van der Waals surface area contributed by atoms with Crippen molar-refractivity contribution in [3.63, 3.8) is 0 Å². The molecule has 0 amide bonds. The van der Waals surface area contributed by atoms with Gasteiger partial charge in [0.05, 0.1) is 24.2 Å². The van der Waals surface area contributed by atoms with Gasteiger partial charge in [0.1, 0.15) is 5.82 Å². The fourth-order valence-electron chi connectivity index (χ4n) is 2.70. The molecule has 0 bridgehead atoms. The van der Waals surface area contributed by atoms with Gasteiger partial charge in [0.25, 0.3) is 0 Å². The summed E-state index contributed by atoms with van der Waals surface area (Å²) in [5.41, 5.74) is 4.06. The minimum absolute atomic E-state index is 0.236. The van der Waals surface area contributed by atoms with E-state index in [0.29, 0.717) is 6.54 Å². The smallest absolute Gasteiger partial charge is 0.190 e. The van der Waals surface area contributed by atoms with Gasteiger partial charge in [-0.25, -0.2) is 9.38 Å². The minimum Gasteiger partial charge on any atom is -0.463 e. The second kappa shape index (κ2) is 7.14. The van der Waals surface area contributed by atoms with E-state index in [1.807, 2.05) is 41.8 Å². The summed E-state index contributed by atoms with van der Waals surface area (Å²) in [5.74, 6) is 0.550. The maximum Gasteiger partial charge on any atom is 0.190 e. The van der Waals surface area contributed by atoms with E-state index in [-0.39, 0.29) is 5.82 Å². The van der Waals surface area contributed by atoms with Crippen molar-refractivity contribution in [1.82, 2.24) is 4.57 Å². The molecule has 0 saturated heterocycles. The topological polar surface area (TPSA) is 30.4 Å². The molecule has 0 N–H and O–H groups in total. The molecule has 0 spiro atoms. The second-order valence-corrected chi connectivity index (χ2v) is 6.88. The van der Waals surface area contributed by atoms with Crippen LogP contribution >= 0.6 is 11.3 Å². The van der Waals surface area contributed by atoms with Crippen LogP contribution in [0, 0.1) is 12.7 Å². The van der Waals surface area contributed by atoms with Crippen LogP contribution in [0.3, 0.4) is 0 Å². The molecule has 4 aromatic rings. The van der Waals surface area contributed by atoms with Gasteiger partial charge >= 0.3 is 0 Å². The predicted molar refractivity (Wildman–Crippen MR) is 102 cm³/mol. The molecule has 0 atom stereocenters.